The molecular weight excluding hydrogens is 503 g/mol. The highest BCUT2D eigenvalue weighted by atomic mass is 79.9. The molecule has 0 aromatic heterocycles. The molecule has 1 N–H and O–H groups in total. The number of hydrogen-bond donors (Lipinski definition) is 1. The lowest BCUT2D eigenvalue weighted by Crippen LogP contribution is -2.03. The van der Waals surface area contributed by atoms with E-state index in [1.807, 2.05) is 18.2 Å². The van der Waals surface area contributed by atoms with Crippen LogP contribution in [0.2, 0.25) is 15.1 Å². The molecular formula is C21H16BrCl3FNO2. The summed E-state index contributed by atoms with van der Waals surface area (Å²) in [5.74, 6) is 0.700. The molecule has 0 saturated carbocycles. The lowest BCUT2D eigenvalue weighted by molar-refractivity contribution is 0.282. The van der Waals surface area contributed by atoms with Crippen LogP contribution in [-0.4, -0.2) is 7.11 Å². The molecule has 8 heteroatoms. The van der Waals surface area contributed by atoms with Crippen molar-refractivity contribution in [1.82, 2.24) is 0 Å². The lowest BCUT2D eigenvalue weighted by atomic mass is 10.2. The minimum atomic E-state index is -0.392. The maximum Gasteiger partial charge on any atom is 0.175 e. The number of rotatable bonds is 7. The Balaban J connectivity index is 1.73. The summed E-state index contributed by atoms with van der Waals surface area (Å²) in [6.45, 7) is 0.714. The average Bonchev–Trinajstić information content (AvgIpc) is 2.69. The molecule has 0 aliphatic rings. The Hall–Kier alpha value is -1.66. The number of methoxy groups -OCH3 is 1. The molecule has 0 atom stereocenters. The van der Waals surface area contributed by atoms with Crippen LogP contribution < -0.4 is 14.8 Å². The van der Waals surface area contributed by atoms with Gasteiger partial charge in [0.05, 0.1) is 26.7 Å². The average molecular weight is 520 g/mol. The minimum absolute atomic E-state index is 0.176. The van der Waals surface area contributed by atoms with E-state index in [-0.39, 0.29) is 6.61 Å². The standard InChI is InChI=1S/C21H16BrCl3FNO2/c1-28-20-7-12(10-27-15-4-5-17(23)19(25)9-15)6-16(22)21(20)29-11-13-2-3-14(26)8-18(13)24/h2-9,27H,10-11H2,1H3. The molecule has 0 aliphatic heterocycles. The second-order valence-corrected chi connectivity index (χ2v) is 8.19. The Morgan fingerprint density at radius 2 is 1.76 bits per heavy atom. The molecule has 0 unspecified atom stereocenters. The molecule has 29 heavy (non-hydrogen) atoms. The molecule has 0 heterocycles. The van der Waals surface area contributed by atoms with Crippen molar-refractivity contribution < 1.29 is 13.9 Å². The van der Waals surface area contributed by atoms with Crippen molar-refractivity contribution in [3.8, 4) is 11.5 Å². The van der Waals surface area contributed by atoms with Gasteiger partial charge in [-0.3, -0.25) is 0 Å². The lowest BCUT2D eigenvalue weighted by Gasteiger charge is -2.16. The Kier molecular flexibility index (Phi) is 7.52. The zero-order valence-electron chi connectivity index (χ0n) is 15.2. The monoisotopic (exact) mass is 517 g/mol. The molecule has 0 aliphatic carbocycles. The maximum atomic E-state index is 13.2. The molecule has 0 amide bonds. The molecule has 0 spiro atoms. The van der Waals surface area contributed by atoms with Gasteiger partial charge >= 0.3 is 0 Å². The molecule has 152 valence electrons. The smallest absolute Gasteiger partial charge is 0.175 e. The zero-order valence-corrected chi connectivity index (χ0v) is 19.1. The normalized spacial score (nSPS) is 10.7. The van der Waals surface area contributed by atoms with Crippen LogP contribution in [0, 0.1) is 5.82 Å². The first-order chi connectivity index (χ1) is 13.9. The van der Waals surface area contributed by atoms with Crippen molar-refractivity contribution in [2.75, 3.05) is 12.4 Å². The van der Waals surface area contributed by atoms with Crippen molar-refractivity contribution in [2.45, 2.75) is 13.2 Å². The quantitative estimate of drug-likeness (QED) is 0.346. The third-order valence-corrected chi connectivity index (χ3v) is 5.77. The molecule has 3 rings (SSSR count). The molecule has 0 saturated heterocycles. The van der Waals surface area contributed by atoms with Crippen LogP contribution in [0.4, 0.5) is 10.1 Å². The first-order valence-electron chi connectivity index (χ1n) is 8.49. The number of hydrogen-bond acceptors (Lipinski definition) is 3. The van der Waals surface area contributed by atoms with Crippen molar-refractivity contribution in [2.24, 2.45) is 0 Å². The van der Waals surface area contributed by atoms with Crippen LogP contribution in [0.15, 0.2) is 53.0 Å². The first kappa shape index (κ1) is 22.0. The van der Waals surface area contributed by atoms with Crippen molar-refractivity contribution >= 4 is 56.4 Å². The topological polar surface area (TPSA) is 30.5 Å². The number of anilines is 1. The summed E-state index contributed by atoms with van der Waals surface area (Å²) in [5.41, 5.74) is 2.49. The summed E-state index contributed by atoms with van der Waals surface area (Å²) in [5, 5.41) is 4.58. The predicted molar refractivity (Wildman–Crippen MR) is 120 cm³/mol. The summed E-state index contributed by atoms with van der Waals surface area (Å²) >= 11 is 21.6. The SMILES string of the molecule is COc1cc(CNc2ccc(Cl)c(Cl)c2)cc(Br)c1OCc1ccc(F)cc1Cl. The van der Waals surface area contributed by atoms with Gasteiger partial charge in [-0.15, -0.1) is 0 Å². The molecule has 3 aromatic carbocycles. The second kappa shape index (κ2) is 9.90. The van der Waals surface area contributed by atoms with E-state index in [0.717, 1.165) is 15.7 Å². The van der Waals surface area contributed by atoms with Crippen LogP contribution >= 0.6 is 50.7 Å². The molecule has 0 fully saturated rings. The number of benzene rings is 3. The Bertz CT molecular complexity index is 1030. The summed E-state index contributed by atoms with van der Waals surface area (Å²) in [6.07, 6.45) is 0. The Morgan fingerprint density at radius 3 is 2.45 bits per heavy atom. The van der Waals surface area contributed by atoms with Gasteiger partial charge in [-0.1, -0.05) is 40.9 Å². The van der Waals surface area contributed by atoms with Crippen LogP contribution in [0.5, 0.6) is 11.5 Å². The largest absolute Gasteiger partial charge is 0.493 e. The van der Waals surface area contributed by atoms with E-state index in [0.29, 0.717) is 38.7 Å². The fourth-order valence-electron chi connectivity index (χ4n) is 2.61. The highest BCUT2D eigenvalue weighted by Gasteiger charge is 2.13. The van der Waals surface area contributed by atoms with Gasteiger partial charge in [-0.05, 0) is 64.0 Å². The van der Waals surface area contributed by atoms with Crippen LogP contribution in [0.25, 0.3) is 0 Å². The second-order valence-electron chi connectivity index (χ2n) is 6.12. The van der Waals surface area contributed by atoms with Gasteiger partial charge < -0.3 is 14.8 Å². The molecule has 3 aromatic rings. The summed E-state index contributed by atoms with van der Waals surface area (Å²) < 4.78 is 25.3. The molecule has 0 radical (unpaired) electrons. The van der Waals surface area contributed by atoms with Gasteiger partial charge in [0.1, 0.15) is 12.4 Å². The van der Waals surface area contributed by atoms with E-state index in [1.165, 1.54) is 12.1 Å². The van der Waals surface area contributed by atoms with E-state index in [9.17, 15) is 4.39 Å². The van der Waals surface area contributed by atoms with Crippen molar-refractivity contribution in [3.63, 3.8) is 0 Å². The number of nitrogens with one attached hydrogen (secondary N) is 1. The van der Waals surface area contributed by atoms with Gasteiger partial charge in [-0.25, -0.2) is 4.39 Å². The number of ether oxygens (including phenoxy) is 2. The Morgan fingerprint density at radius 1 is 0.966 bits per heavy atom. The van der Waals surface area contributed by atoms with Gasteiger partial charge in [0.25, 0.3) is 0 Å². The fraction of sp³-hybridized carbons (Fsp3) is 0.143. The maximum absolute atomic E-state index is 13.2. The van der Waals surface area contributed by atoms with E-state index >= 15 is 0 Å². The third kappa shape index (κ3) is 5.70. The van der Waals surface area contributed by atoms with E-state index in [1.54, 1.807) is 25.3 Å². The van der Waals surface area contributed by atoms with Crippen LogP contribution in [0.1, 0.15) is 11.1 Å². The van der Waals surface area contributed by atoms with E-state index < -0.39 is 5.82 Å². The van der Waals surface area contributed by atoms with Crippen molar-refractivity contribution in [3.05, 3.63) is 85.0 Å². The van der Waals surface area contributed by atoms with Crippen LogP contribution in [0.3, 0.4) is 0 Å². The highest BCUT2D eigenvalue weighted by molar-refractivity contribution is 9.10. The van der Waals surface area contributed by atoms with Crippen LogP contribution in [-0.2, 0) is 13.2 Å². The van der Waals surface area contributed by atoms with Gasteiger partial charge in [0.2, 0.25) is 0 Å². The minimum Gasteiger partial charge on any atom is -0.493 e. The fourth-order valence-corrected chi connectivity index (χ4v) is 3.74. The van der Waals surface area contributed by atoms with Gasteiger partial charge in [0.15, 0.2) is 11.5 Å². The molecule has 3 nitrogen and oxygen atoms in total. The summed E-state index contributed by atoms with van der Waals surface area (Å²) in [6, 6.07) is 13.3. The summed E-state index contributed by atoms with van der Waals surface area (Å²) in [4.78, 5) is 0. The number of halogens is 5. The van der Waals surface area contributed by atoms with Gasteiger partial charge in [0, 0.05) is 17.8 Å². The predicted octanol–water partition coefficient (Wildman–Crippen LogP) is 7.75. The molecule has 0 bridgehead atoms. The van der Waals surface area contributed by atoms with E-state index in [2.05, 4.69) is 21.2 Å². The van der Waals surface area contributed by atoms with E-state index in [4.69, 9.17) is 44.3 Å². The Labute approximate surface area is 191 Å². The summed E-state index contributed by atoms with van der Waals surface area (Å²) in [7, 11) is 1.57. The van der Waals surface area contributed by atoms with Gasteiger partial charge in [-0.2, -0.15) is 0 Å². The first-order valence-corrected chi connectivity index (χ1v) is 10.4. The van der Waals surface area contributed by atoms with Crippen molar-refractivity contribution in [1.29, 1.82) is 0 Å². The zero-order chi connectivity index (χ0) is 21.0. The highest BCUT2D eigenvalue weighted by Crippen LogP contribution is 2.38. The third-order valence-electron chi connectivity index (χ3n) is 4.09.